The Labute approximate surface area is 276 Å². The molecule has 0 saturated carbocycles. The predicted octanol–water partition coefficient (Wildman–Crippen LogP) is 7.26. The number of carboxylic acids is 1. The monoisotopic (exact) mass is 628 g/mol. The van der Waals surface area contributed by atoms with Gasteiger partial charge in [-0.05, 0) is 71.2 Å². The Bertz CT molecular complexity index is 1640. The molecule has 2 atom stereocenters. The van der Waals surface area contributed by atoms with E-state index in [1.165, 1.54) is 7.11 Å². The van der Waals surface area contributed by atoms with E-state index in [0.717, 1.165) is 46.2 Å². The van der Waals surface area contributed by atoms with Crippen LogP contribution in [0, 0.1) is 5.92 Å². The van der Waals surface area contributed by atoms with Gasteiger partial charge >= 0.3 is 11.9 Å². The summed E-state index contributed by atoms with van der Waals surface area (Å²) in [4.78, 5) is 24.5. The van der Waals surface area contributed by atoms with Gasteiger partial charge in [0.05, 0.1) is 25.4 Å². The zero-order chi connectivity index (χ0) is 33.1. The number of carbonyl (C=O) groups excluding carboxylic acids is 1. The molecule has 0 aliphatic heterocycles. The van der Waals surface area contributed by atoms with E-state index in [2.05, 4.69) is 6.07 Å². The summed E-state index contributed by atoms with van der Waals surface area (Å²) in [7, 11) is 1.37. The largest absolute Gasteiger partial charge is 0.481 e. The van der Waals surface area contributed by atoms with Gasteiger partial charge in [-0.2, -0.15) is 0 Å². The average Bonchev–Trinajstić information content (AvgIpc) is 3.12. The summed E-state index contributed by atoms with van der Waals surface area (Å²) < 4.78 is 11.6. The summed E-state index contributed by atoms with van der Waals surface area (Å²) in [5.74, 6) is -2.61. The maximum Gasteiger partial charge on any atom is 0.337 e. The number of rotatable bonds is 15. The van der Waals surface area contributed by atoms with Gasteiger partial charge in [0.15, 0.2) is 0 Å². The fraction of sp³-hybridized carbons (Fsp3) is 0.220. The molecular weight excluding hydrogens is 588 g/mol. The highest BCUT2D eigenvalue weighted by Gasteiger charge is 2.40. The number of ether oxygens (including phenoxy) is 2. The fourth-order valence-electron chi connectivity index (χ4n) is 6.05. The molecule has 0 saturated heterocycles. The number of carbonyl (C=O) groups is 2. The van der Waals surface area contributed by atoms with E-state index in [4.69, 9.17) is 9.47 Å². The Kier molecular flexibility index (Phi) is 11.3. The first-order chi connectivity index (χ1) is 22.9. The molecule has 6 nitrogen and oxygen atoms in total. The maximum atomic E-state index is 12.6. The first-order valence-corrected chi connectivity index (χ1v) is 15.9. The molecule has 0 heterocycles. The van der Waals surface area contributed by atoms with Gasteiger partial charge in [-0.1, -0.05) is 127 Å². The zero-order valence-corrected chi connectivity index (χ0v) is 26.5. The number of aliphatic hydroxyl groups is 1. The van der Waals surface area contributed by atoms with Crippen LogP contribution in [0.2, 0.25) is 0 Å². The summed E-state index contributed by atoms with van der Waals surface area (Å²) in [6, 6.07) is 44.9. The summed E-state index contributed by atoms with van der Waals surface area (Å²) in [5, 5.41) is 21.5. The molecule has 0 spiro atoms. The van der Waals surface area contributed by atoms with E-state index in [9.17, 15) is 19.8 Å². The summed E-state index contributed by atoms with van der Waals surface area (Å²) in [5.41, 5.74) is 5.22. The molecule has 0 aliphatic carbocycles. The standard InChI is InChI=1S/C41H40O6/c1-46-40(45)33-16-12-15-32(28-33)24-23-30-13-11-14-31(27-30)25-26-38(42)37(39(43)44)29-47-41(34-17-5-2-6-18-34,35-19-7-3-8-20-35)36-21-9-4-10-22-36/h2-22,27-28,37-38,42H,23-26,29H2,1H3,(H,43,44)/t37-,38-/m1/s1. The highest BCUT2D eigenvalue weighted by atomic mass is 16.5. The molecular formula is C41H40O6. The third-order valence-corrected chi connectivity index (χ3v) is 8.57. The lowest BCUT2D eigenvalue weighted by Crippen LogP contribution is -2.39. The predicted molar refractivity (Wildman–Crippen MR) is 182 cm³/mol. The van der Waals surface area contributed by atoms with Crippen molar-refractivity contribution in [1.82, 2.24) is 0 Å². The number of aliphatic hydroxyl groups excluding tert-OH is 1. The number of esters is 1. The van der Waals surface area contributed by atoms with E-state index in [1.807, 2.05) is 127 Å². The van der Waals surface area contributed by atoms with Crippen molar-refractivity contribution >= 4 is 11.9 Å². The zero-order valence-electron chi connectivity index (χ0n) is 26.5. The summed E-state index contributed by atoms with van der Waals surface area (Å²) in [6.45, 7) is -0.195. The summed E-state index contributed by atoms with van der Waals surface area (Å²) in [6.07, 6.45) is 1.17. The van der Waals surface area contributed by atoms with Crippen LogP contribution in [-0.4, -0.2) is 42.0 Å². The first-order valence-electron chi connectivity index (χ1n) is 15.9. The number of aryl methyl sites for hydroxylation is 3. The fourth-order valence-corrected chi connectivity index (χ4v) is 6.05. The lowest BCUT2D eigenvalue weighted by Gasteiger charge is -2.37. The molecule has 6 heteroatoms. The Balaban J connectivity index is 1.30. The van der Waals surface area contributed by atoms with E-state index >= 15 is 0 Å². The average molecular weight is 629 g/mol. The Morgan fingerprint density at radius 3 is 1.60 bits per heavy atom. The van der Waals surface area contributed by atoms with Crippen LogP contribution >= 0.6 is 0 Å². The van der Waals surface area contributed by atoms with Crippen LogP contribution < -0.4 is 0 Å². The van der Waals surface area contributed by atoms with Gasteiger partial charge < -0.3 is 19.7 Å². The number of aliphatic carboxylic acids is 1. The quantitative estimate of drug-likeness (QED) is 0.0937. The minimum Gasteiger partial charge on any atom is -0.481 e. The maximum absolute atomic E-state index is 12.6. The van der Waals surface area contributed by atoms with Crippen LogP contribution in [0.25, 0.3) is 0 Å². The summed E-state index contributed by atoms with van der Waals surface area (Å²) >= 11 is 0. The van der Waals surface area contributed by atoms with E-state index < -0.39 is 23.6 Å². The minimum atomic E-state index is -1.14. The van der Waals surface area contributed by atoms with Crippen LogP contribution in [0.3, 0.4) is 0 Å². The Morgan fingerprint density at radius 1 is 0.638 bits per heavy atom. The number of hydrogen-bond donors (Lipinski definition) is 2. The third-order valence-electron chi connectivity index (χ3n) is 8.57. The molecule has 5 aromatic carbocycles. The lowest BCUT2D eigenvalue weighted by molar-refractivity contribution is -0.151. The van der Waals surface area contributed by atoms with Gasteiger partial charge in [0.25, 0.3) is 0 Å². The van der Waals surface area contributed by atoms with Crippen molar-refractivity contribution in [3.05, 3.63) is 178 Å². The Hall–Kier alpha value is -5.04. The van der Waals surface area contributed by atoms with Gasteiger partial charge in [0.2, 0.25) is 0 Å². The number of methoxy groups -OCH3 is 1. The van der Waals surface area contributed by atoms with E-state index in [-0.39, 0.29) is 19.0 Å². The van der Waals surface area contributed by atoms with Crippen LogP contribution in [0.1, 0.15) is 50.2 Å². The topological polar surface area (TPSA) is 93.1 Å². The molecule has 0 amide bonds. The molecule has 5 aromatic rings. The molecule has 0 radical (unpaired) electrons. The molecule has 0 unspecified atom stereocenters. The van der Waals surface area contributed by atoms with Crippen LogP contribution in [0.4, 0.5) is 0 Å². The van der Waals surface area contributed by atoms with Crippen molar-refractivity contribution in [1.29, 1.82) is 0 Å². The van der Waals surface area contributed by atoms with E-state index in [1.54, 1.807) is 6.07 Å². The molecule has 0 fully saturated rings. The van der Waals surface area contributed by atoms with Gasteiger partial charge in [-0.25, -0.2) is 4.79 Å². The van der Waals surface area contributed by atoms with Gasteiger partial charge in [-0.3, -0.25) is 4.79 Å². The van der Waals surface area contributed by atoms with Gasteiger partial charge in [0.1, 0.15) is 11.5 Å². The van der Waals surface area contributed by atoms with Crippen molar-refractivity contribution < 1.29 is 29.3 Å². The minimum absolute atomic E-state index is 0.195. The van der Waals surface area contributed by atoms with Crippen molar-refractivity contribution in [2.45, 2.75) is 37.4 Å². The number of benzene rings is 5. The second kappa shape index (κ2) is 16.0. The lowest BCUT2D eigenvalue weighted by atomic mass is 9.80. The van der Waals surface area contributed by atoms with Crippen LogP contribution in [0.15, 0.2) is 140 Å². The highest BCUT2D eigenvalue weighted by molar-refractivity contribution is 5.89. The normalized spacial score (nSPS) is 12.6. The SMILES string of the molecule is COC(=O)c1cccc(CCc2cccc(CC[C@@H](O)[C@@H](COC(c3ccccc3)(c3ccccc3)c3ccccc3)C(=O)O)c2)c1. The highest BCUT2D eigenvalue weighted by Crippen LogP contribution is 2.41. The molecule has 0 bridgehead atoms. The van der Waals surface area contributed by atoms with Crippen molar-refractivity contribution in [3.63, 3.8) is 0 Å². The van der Waals surface area contributed by atoms with E-state index in [0.29, 0.717) is 12.0 Å². The van der Waals surface area contributed by atoms with Crippen molar-refractivity contribution in [2.75, 3.05) is 13.7 Å². The second-order valence-electron chi connectivity index (χ2n) is 11.7. The smallest absolute Gasteiger partial charge is 0.337 e. The van der Waals surface area contributed by atoms with Gasteiger partial charge in [-0.15, -0.1) is 0 Å². The van der Waals surface area contributed by atoms with Crippen molar-refractivity contribution in [3.8, 4) is 0 Å². The van der Waals surface area contributed by atoms with Crippen LogP contribution in [-0.2, 0) is 39.1 Å². The molecule has 5 rings (SSSR count). The van der Waals surface area contributed by atoms with Crippen molar-refractivity contribution in [2.24, 2.45) is 5.92 Å². The molecule has 47 heavy (non-hydrogen) atoms. The van der Waals surface area contributed by atoms with Gasteiger partial charge in [0, 0.05) is 0 Å². The first kappa shape index (κ1) is 33.3. The third kappa shape index (κ3) is 8.22. The Morgan fingerprint density at radius 2 is 1.11 bits per heavy atom. The second-order valence-corrected chi connectivity index (χ2v) is 11.7. The molecule has 0 aromatic heterocycles. The molecule has 0 aliphatic rings. The molecule has 240 valence electrons. The van der Waals surface area contributed by atoms with Crippen LogP contribution in [0.5, 0.6) is 0 Å². The number of carboxylic acid groups (broad SMARTS) is 1. The molecule has 2 N–H and O–H groups in total. The number of hydrogen-bond acceptors (Lipinski definition) is 5.